The van der Waals surface area contributed by atoms with Gasteiger partial charge in [-0.25, -0.2) is 9.13 Å². The Bertz CT molecular complexity index is 590. The Hall–Kier alpha value is -0.0497. The van der Waals surface area contributed by atoms with Gasteiger partial charge in [0, 0.05) is 0 Å². The second-order valence-corrected chi connectivity index (χ2v) is 11.5. The zero-order valence-electron chi connectivity index (χ0n) is 15.9. The topological polar surface area (TPSA) is 8.81 Å². The van der Waals surface area contributed by atoms with Gasteiger partial charge in [-0.1, -0.05) is 0 Å². The van der Waals surface area contributed by atoms with E-state index < -0.39 is 0 Å². The Labute approximate surface area is 173 Å². The molecule has 0 spiro atoms. The largest absolute Gasteiger partial charge is 1.00 e. The van der Waals surface area contributed by atoms with Gasteiger partial charge in [0.1, 0.15) is 23.5 Å². The molecule has 0 N–H and O–H groups in total. The molecule has 8 saturated carbocycles. The molecule has 1 aromatic rings. The van der Waals surface area contributed by atoms with Crippen LogP contribution in [0.5, 0.6) is 0 Å². The van der Waals surface area contributed by atoms with Gasteiger partial charge >= 0.3 is 22.4 Å². The van der Waals surface area contributed by atoms with Crippen molar-refractivity contribution in [3.8, 4) is 0 Å². The third kappa shape index (κ3) is 2.25. The van der Waals surface area contributed by atoms with Crippen molar-refractivity contribution in [2.45, 2.75) is 88.1 Å². The average molecular weight is 445 g/mol. The van der Waals surface area contributed by atoms with Crippen LogP contribution in [0.4, 0.5) is 0 Å². The summed E-state index contributed by atoms with van der Waals surface area (Å²) in [6, 6.07) is 0. The molecular weight excluding hydrogens is 412 g/mol. The van der Waals surface area contributed by atoms with Crippen molar-refractivity contribution in [2.75, 3.05) is 0 Å². The zero-order chi connectivity index (χ0) is 16.2. The summed E-state index contributed by atoms with van der Waals surface area (Å²) in [4.78, 5) is 0. The Morgan fingerprint density at radius 3 is 1.54 bits per heavy atom. The van der Waals surface area contributed by atoms with Gasteiger partial charge in [-0.05, 0) is 113 Å². The second kappa shape index (κ2) is 5.51. The van der Waals surface area contributed by atoms with Gasteiger partial charge < -0.3 is 0 Å². The van der Waals surface area contributed by atoms with Crippen molar-refractivity contribution in [2.24, 2.45) is 35.5 Å². The van der Waals surface area contributed by atoms with Gasteiger partial charge in [-0.3, -0.25) is 0 Å². The van der Waals surface area contributed by atoms with Crippen LogP contribution in [0.3, 0.4) is 0 Å². The van der Waals surface area contributed by atoms with E-state index in [2.05, 4.69) is 27.9 Å². The molecule has 9 rings (SSSR count). The van der Waals surface area contributed by atoms with Crippen LogP contribution < -0.4 is 4.57 Å². The maximum Gasteiger partial charge on any atom is 1.00 e. The van der Waals surface area contributed by atoms with E-state index in [4.69, 9.17) is 0 Å². The monoisotopic (exact) mass is 444 g/mol. The molecule has 0 unspecified atom stereocenters. The molecule has 1 heterocycles. The molecule has 0 aromatic carbocycles. The third-order valence-electron chi connectivity index (χ3n) is 9.74. The van der Waals surface area contributed by atoms with E-state index in [0.717, 1.165) is 35.5 Å². The first-order valence-corrected chi connectivity index (χ1v) is 11.3. The average Bonchev–Trinajstić information content (AvgIpc) is 3.04. The first kappa shape index (κ1) is 16.9. The fourth-order valence-corrected chi connectivity index (χ4v) is 9.68. The first-order valence-electron chi connectivity index (χ1n) is 11.3. The molecule has 1 aromatic heterocycles. The molecule has 144 valence electrons. The van der Waals surface area contributed by atoms with Gasteiger partial charge in [0.05, 0.1) is 0 Å². The van der Waals surface area contributed by atoms with Gasteiger partial charge in [0.25, 0.3) is 0 Å². The minimum absolute atomic E-state index is 0. The van der Waals surface area contributed by atoms with Crippen LogP contribution in [0, 0.1) is 35.5 Å². The van der Waals surface area contributed by atoms with Crippen LogP contribution in [0.15, 0.2) is 18.7 Å². The summed E-state index contributed by atoms with van der Waals surface area (Å²) in [5.41, 5.74) is 1.00. The molecular formula is C23H33AgN2+2. The Balaban J connectivity index is 0.00000137. The molecule has 0 aliphatic heterocycles. The van der Waals surface area contributed by atoms with Crippen LogP contribution >= 0.6 is 0 Å². The summed E-state index contributed by atoms with van der Waals surface area (Å²) in [6.07, 6.45) is 25.8. The Kier molecular flexibility index (Phi) is 3.58. The third-order valence-corrected chi connectivity index (χ3v) is 9.74. The minimum Gasteiger partial charge on any atom is -0.231 e. The van der Waals surface area contributed by atoms with E-state index in [9.17, 15) is 0 Å². The van der Waals surface area contributed by atoms with Crippen LogP contribution in [0.1, 0.15) is 77.0 Å². The van der Waals surface area contributed by atoms with E-state index in [-0.39, 0.29) is 22.4 Å². The van der Waals surface area contributed by atoms with Crippen molar-refractivity contribution in [1.82, 2.24) is 4.57 Å². The van der Waals surface area contributed by atoms with Crippen molar-refractivity contribution in [3.63, 3.8) is 0 Å². The second-order valence-electron chi connectivity index (χ2n) is 11.5. The molecule has 8 aliphatic rings. The van der Waals surface area contributed by atoms with E-state index in [1.54, 1.807) is 38.5 Å². The first-order chi connectivity index (χ1) is 12.2. The summed E-state index contributed by atoms with van der Waals surface area (Å²) >= 11 is 0. The van der Waals surface area contributed by atoms with E-state index in [0.29, 0.717) is 11.1 Å². The van der Waals surface area contributed by atoms with Gasteiger partial charge in [-0.15, -0.1) is 0 Å². The molecule has 3 heteroatoms. The predicted molar refractivity (Wildman–Crippen MR) is 96.9 cm³/mol. The maximum atomic E-state index is 2.73. The van der Waals surface area contributed by atoms with Crippen molar-refractivity contribution >= 4 is 0 Å². The summed E-state index contributed by atoms with van der Waals surface area (Å²) in [5.74, 6) is 6.26. The summed E-state index contributed by atoms with van der Waals surface area (Å²) < 4.78 is 5.46. The fourth-order valence-electron chi connectivity index (χ4n) is 9.68. The summed E-state index contributed by atoms with van der Waals surface area (Å²) in [5, 5.41) is 0. The van der Waals surface area contributed by atoms with E-state index in [1.165, 1.54) is 38.5 Å². The standard InChI is InChI=1S/C23H33N2.Ag/c1-2-25(23-12-19-6-20(13-23)8-21(7-19)14-23)15-24(1)22-9-16-3-17(10-22)5-18(4-16)11-22;/h1-2,15-21H,3-14H2;/q2*+1. The van der Waals surface area contributed by atoms with Crippen LogP contribution in [-0.2, 0) is 33.5 Å². The molecule has 8 fully saturated rings. The molecule has 2 nitrogen and oxygen atoms in total. The number of rotatable bonds is 2. The smallest absolute Gasteiger partial charge is 0.231 e. The van der Waals surface area contributed by atoms with Crippen molar-refractivity contribution < 1.29 is 26.9 Å². The quantitative estimate of drug-likeness (QED) is 0.464. The van der Waals surface area contributed by atoms with Gasteiger partial charge in [0.2, 0.25) is 6.33 Å². The Morgan fingerprint density at radius 2 is 1.08 bits per heavy atom. The number of aromatic nitrogens is 2. The van der Waals surface area contributed by atoms with Crippen molar-refractivity contribution in [1.29, 1.82) is 0 Å². The number of nitrogens with zero attached hydrogens (tertiary/aromatic N) is 2. The maximum absolute atomic E-state index is 2.73. The normalized spacial score (nSPS) is 53.1. The molecule has 0 saturated heterocycles. The number of hydrogen-bond donors (Lipinski definition) is 0. The predicted octanol–water partition coefficient (Wildman–Crippen LogP) is 4.62. The number of imidazole rings is 1. The molecule has 8 bridgehead atoms. The van der Waals surface area contributed by atoms with Crippen molar-refractivity contribution in [3.05, 3.63) is 18.7 Å². The van der Waals surface area contributed by atoms with Crippen LogP contribution in [0.2, 0.25) is 0 Å². The molecule has 0 amide bonds. The van der Waals surface area contributed by atoms with Gasteiger partial charge in [0.15, 0.2) is 0 Å². The van der Waals surface area contributed by atoms with E-state index in [1.807, 2.05) is 0 Å². The Morgan fingerprint density at radius 1 is 0.654 bits per heavy atom. The summed E-state index contributed by atoms with van der Waals surface area (Å²) in [6.45, 7) is 0. The van der Waals surface area contributed by atoms with Crippen LogP contribution in [-0.4, -0.2) is 4.57 Å². The zero-order valence-corrected chi connectivity index (χ0v) is 17.4. The minimum atomic E-state index is 0. The molecule has 26 heavy (non-hydrogen) atoms. The summed E-state index contributed by atoms with van der Waals surface area (Å²) in [7, 11) is 0. The van der Waals surface area contributed by atoms with E-state index >= 15 is 0 Å². The molecule has 0 radical (unpaired) electrons. The number of hydrogen-bond acceptors (Lipinski definition) is 0. The fraction of sp³-hybridized carbons (Fsp3) is 0.870. The van der Waals surface area contributed by atoms with Gasteiger partial charge in [-0.2, -0.15) is 0 Å². The molecule has 0 atom stereocenters. The SMILES string of the molecule is [Ag+].c1c[n+](C23CC4CC(CC(C4)C2)C3)cn1C12CC3CC(CC(C3)C1)C2. The molecule has 8 aliphatic carbocycles. The van der Waals surface area contributed by atoms with Crippen LogP contribution in [0.25, 0.3) is 0 Å².